The molecular formula is C16H12BrN3S. The number of nitrogens with two attached hydrogens (primary N) is 1. The molecule has 0 unspecified atom stereocenters. The second kappa shape index (κ2) is 5.79. The van der Waals surface area contributed by atoms with Gasteiger partial charge in [0.2, 0.25) is 0 Å². The molecule has 0 atom stereocenters. The topological polar surface area (TPSA) is 50.9 Å². The van der Waals surface area contributed by atoms with E-state index in [-0.39, 0.29) is 0 Å². The van der Waals surface area contributed by atoms with Gasteiger partial charge >= 0.3 is 0 Å². The summed E-state index contributed by atoms with van der Waals surface area (Å²) in [4.78, 5) is 4.53. The predicted molar refractivity (Wildman–Crippen MR) is 95.1 cm³/mol. The molecule has 0 amide bonds. The van der Waals surface area contributed by atoms with Crippen LogP contribution in [0.3, 0.4) is 0 Å². The zero-order valence-electron chi connectivity index (χ0n) is 11.0. The largest absolute Gasteiger partial charge is 0.389 e. The van der Waals surface area contributed by atoms with Gasteiger partial charge in [0.05, 0.1) is 5.69 Å². The lowest BCUT2D eigenvalue weighted by atomic mass is 10.1. The highest BCUT2D eigenvalue weighted by Crippen LogP contribution is 2.30. The van der Waals surface area contributed by atoms with Gasteiger partial charge in [0.25, 0.3) is 0 Å². The van der Waals surface area contributed by atoms with Crippen LogP contribution >= 0.6 is 28.1 Å². The van der Waals surface area contributed by atoms with Crippen LogP contribution in [0, 0.1) is 0 Å². The quantitative estimate of drug-likeness (QED) is 0.683. The maximum Gasteiger partial charge on any atom is 0.104 e. The molecular weight excluding hydrogens is 346 g/mol. The number of nitrogens with zero attached hydrogens (tertiary/aromatic N) is 1. The van der Waals surface area contributed by atoms with Crippen LogP contribution in [0.1, 0.15) is 5.56 Å². The Labute approximate surface area is 136 Å². The molecule has 0 aliphatic carbocycles. The summed E-state index contributed by atoms with van der Waals surface area (Å²) >= 11 is 8.53. The third kappa shape index (κ3) is 2.89. The molecule has 0 spiro atoms. The van der Waals surface area contributed by atoms with Gasteiger partial charge in [0, 0.05) is 38.9 Å². The third-order valence-electron chi connectivity index (χ3n) is 3.20. The smallest absolute Gasteiger partial charge is 0.104 e. The average Bonchev–Trinajstić information content (AvgIpc) is 2.49. The molecule has 0 saturated heterocycles. The minimum absolute atomic E-state index is 0.387. The number of hydrogen-bond acceptors (Lipinski definition) is 3. The van der Waals surface area contributed by atoms with Crippen molar-refractivity contribution in [2.24, 2.45) is 5.73 Å². The third-order valence-corrected chi connectivity index (χ3v) is 4.10. The summed E-state index contributed by atoms with van der Waals surface area (Å²) in [6, 6.07) is 13.9. The molecule has 0 aliphatic heterocycles. The highest BCUT2D eigenvalue weighted by molar-refractivity contribution is 9.10. The summed E-state index contributed by atoms with van der Waals surface area (Å²) in [5, 5.41) is 5.64. The first-order valence-electron chi connectivity index (χ1n) is 6.34. The van der Waals surface area contributed by atoms with Crippen molar-refractivity contribution in [3.05, 3.63) is 64.9 Å². The van der Waals surface area contributed by atoms with Crippen molar-refractivity contribution in [3.8, 4) is 0 Å². The Bertz CT molecular complexity index is 827. The Balaban J connectivity index is 2.01. The van der Waals surface area contributed by atoms with Crippen molar-refractivity contribution < 1.29 is 0 Å². The molecule has 0 bridgehead atoms. The van der Waals surface area contributed by atoms with E-state index in [1.54, 1.807) is 6.20 Å². The first kappa shape index (κ1) is 14.0. The van der Waals surface area contributed by atoms with Crippen LogP contribution in [0.5, 0.6) is 0 Å². The van der Waals surface area contributed by atoms with Crippen molar-refractivity contribution in [3.63, 3.8) is 0 Å². The lowest BCUT2D eigenvalue weighted by molar-refractivity contribution is 1.36. The predicted octanol–water partition coefficient (Wildman–Crippen LogP) is 4.38. The van der Waals surface area contributed by atoms with Crippen LogP contribution in [0.2, 0.25) is 0 Å². The lowest BCUT2D eigenvalue weighted by Gasteiger charge is -2.12. The standard InChI is InChI=1S/C16H12BrN3S/c17-13-8-10(16(18)21)4-5-15(13)20-14-3-1-2-11-9-19-7-6-12(11)14/h1-9,20H,(H2,18,21). The van der Waals surface area contributed by atoms with Gasteiger partial charge < -0.3 is 11.1 Å². The first-order chi connectivity index (χ1) is 10.1. The summed E-state index contributed by atoms with van der Waals surface area (Å²) in [5.41, 5.74) is 8.46. The van der Waals surface area contributed by atoms with Crippen LogP contribution < -0.4 is 11.1 Å². The molecule has 1 heterocycles. The molecule has 0 fully saturated rings. The molecule has 21 heavy (non-hydrogen) atoms. The number of fused-ring (bicyclic) bond motifs is 1. The number of nitrogens with one attached hydrogen (secondary N) is 1. The molecule has 1 aromatic heterocycles. The van der Waals surface area contributed by atoms with Gasteiger partial charge in [-0.15, -0.1) is 0 Å². The van der Waals surface area contributed by atoms with Crippen molar-refractivity contribution in [1.29, 1.82) is 0 Å². The van der Waals surface area contributed by atoms with Crippen molar-refractivity contribution in [2.45, 2.75) is 0 Å². The van der Waals surface area contributed by atoms with Gasteiger partial charge in [-0.05, 0) is 46.3 Å². The molecule has 5 heteroatoms. The maximum absolute atomic E-state index is 5.64. The van der Waals surface area contributed by atoms with Crippen LogP contribution in [-0.4, -0.2) is 9.97 Å². The number of benzene rings is 2. The van der Waals surface area contributed by atoms with E-state index in [0.29, 0.717) is 4.99 Å². The summed E-state index contributed by atoms with van der Waals surface area (Å²) < 4.78 is 0.916. The molecule has 3 N–H and O–H groups in total. The van der Waals surface area contributed by atoms with Crippen molar-refractivity contribution in [2.75, 3.05) is 5.32 Å². The number of rotatable bonds is 3. The molecule has 3 aromatic rings. The van der Waals surface area contributed by atoms with Gasteiger partial charge in [-0.25, -0.2) is 0 Å². The Kier molecular flexibility index (Phi) is 3.86. The van der Waals surface area contributed by atoms with E-state index >= 15 is 0 Å². The van der Waals surface area contributed by atoms with Crippen LogP contribution in [0.25, 0.3) is 10.8 Å². The van der Waals surface area contributed by atoms with Gasteiger partial charge in [-0.3, -0.25) is 4.98 Å². The molecule has 3 nitrogen and oxygen atoms in total. The van der Waals surface area contributed by atoms with E-state index < -0.39 is 0 Å². The van der Waals surface area contributed by atoms with Crippen molar-refractivity contribution in [1.82, 2.24) is 4.98 Å². The Morgan fingerprint density at radius 1 is 1.14 bits per heavy atom. The minimum Gasteiger partial charge on any atom is -0.389 e. The molecule has 2 aromatic carbocycles. The fourth-order valence-electron chi connectivity index (χ4n) is 2.15. The van der Waals surface area contributed by atoms with E-state index in [1.807, 2.05) is 48.7 Å². The van der Waals surface area contributed by atoms with Crippen LogP contribution in [-0.2, 0) is 0 Å². The number of pyridine rings is 1. The van der Waals surface area contributed by atoms with Gasteiger partial charge in [0.1, 0.15) is 4.99 Å². The highest BCUT2D eigenvalue weighted by atomic mass is 79.9. The molecule has 0 saturated carbocycles. The summed E-state index contributed by atoms with van der Waals surface area (Å²) in [5.74, 6) is 0. The zero-order valence-corrected chi connectivity index (χ0v) is 13.4. The van der Waals surface area contributed by atoms with Crippen LogP contribution in [0.4, 0.5) is 11.4 Å². The molecule has 104 valence electrons. The Morgan fingerprint density at radius 2 is 2.00 bits per heavy atom. The van der Waals surface area contributed by atoms with Gasteiger partial charge in [-0.2, -0.15) is 0 Å². The number of anilines is 2. The Morgan fingerprint density at radius 3 is 2.76 bits per heavy atom. The number of hydrogen-bond donors (Lipinski definition) is 2. The number of aromatic nitrogens is 1. The first-order valence-corrected chi connectivity index (χ1v) is 7.54. The fraction of sp³-hybridized carbons (Fsp3) is 0. The fourth-order valence-corrected chi connectivity index (χ4v) is 2.75. The number of thiocarbonyl (C=S) groups is 1. The van der Waals surface area contributed by atoms with E-state index in [4.69, 9.17) is 18.0 Å². The lowest BCUT2D eigenvalue weighted by Crippen LogP contribution is -2.09. The van der Waals surface area contributed by atoms with Gasteiger partial charge in [0.15, 0.2) is 0 Å². The normalized spacial score (nSPS) is 10.5. The molecule has 0 aliphatic rings. The minimum atomic E-state index is 0.387. The SMILES string of the molecule is NC(=S)c1ccc(Nc2cccc3cnccc23)c(Br)c1. The van der Waals surface area contributed by atoms with E-state index in [0.717, 1.165) is 32.2 Å². The van der Waals surface area contributed by atoms with Gasteiger partial charge in [-0.1, -0.05) is 24.4 Å². The van der Waals surface area contributed by atoms with Crippen molar-refractivity contribution >= 4 is 55.3 Å². The average molecular weight is 358 g/mol. The summed E-state index contributed by atoms with van der Waals surface area (Å²) in [7, 11) is 0. The van der Waals surface area contributed by atoms with E-state index in [2.05, 4.69) is 26.2 Å². The zero-order chi connectivity index (χ0) is 14.8. The second-order valence-electron chi connectivity index (χ2n) is 4.59. The summed E-state index contributed by atoms with van der Waals surface area (Å²) in [6.45, 7) is 0. The summed E-state index contributed by atoms with van der Waals surface area (Å²) in [6.07, 6.45) is 3.64. The Hall–Kier alpha value is -1.98. The molecule has 3 rings (SSSR count). The monoisotopic (exact) mass is 357 g/mol. The maximum atomic E-state index is 5.64. The van der Waals surface area contributed by atoms with Crippen LogP contribution in [0.15, 0.2) is 59.3 Å². The molecule has 0 radical (unpaired) electrons. The number of halogens is 1. The highest BCUT2D eigenvalue weighted by Gasteiger charge is 2.06. The second-order valence-corrected chi connectivity index (χ2v) is 5.88. The van der Waals surface area contributed by atoms with E-state index in [1.165, 1.54) is 0 Å². The van der Waals surface area contributed by atoms with E-state index in [9.17, 15) is 0 Å².